The summed E-state index contributed by atoms with van der Waals surface area (Å²) in [6.07, 6.45) is 4.05. The molecule has 132 valence electrons. The lowest BCUT2D eigenvalue weighted by molar-refractivity contribution is -0.116. The van der Waals surface area contributed by atoms with E-state index >= 15 is 0 Å². The van der Waals surface area contributed by atoms with Crippen LogP contribution in [0.4, 0.5) is 5.69 Å². The van der Waals surface area contributed by atoms with Crippen LogP contribution in [-0.4, -0.2) is 54.4 Å². The molecule has 2 aromatic rings. The number of hydrogen-bond acceptors (Lipinski definition) is 5. The predicted molar refractivity (Wildman–Crippen MR) is 99.1 cm³/mol. The van der Waals surface area contributed by atoms with Gasteiger partial charge in [0, 0.05) is 43.5 Å². The molecule has 0 radical (unpaired) electrons. The molecule has 0 aromatic carbocycles. The average Bonchev–Trinajstić information content (AvgIpc) is 3.05. The molecule has 3 aliphatic heterocycles. The standard InChI is InChI=1S/C18H22N4O2S/c1-11(23)21(2)16-10-25-17-8-19-14(7-13(16)17)18(24)20-15-9-22-5-3-12(15)4-6-22/h7-8,10,12,15H,3-6,9H2,1-2H3,(H,20,24)/t15-/m0/s1. The maximum atomic E-state index is 12.7. The predicted octanol–water partition coefficient (Wildman–Crippen LogP) is 2.10. The zero-order chi connectivity index (χ0) is 17.6. The molecule has 0 unspecified atom stereocenters. The summed E-state index contributed by atoms with van der Waals surface area (Å²) in [5.41, 5.74) is 1.24. The van der Waals surface area contributed by atoms with Gasteiger partial charge in [0.25, 0.3) is 5.91 Å². The van der Waals surface area contributed by atoms with Crippen molar-refractivity contribution in [2.45, 2.75) is 25.8 Å². The van der Waals surface area contributed by atoms with E-state index < -0.39 is 0 Å². The number of fused-ring (bicyclic) bond motifs is 4. The number of aromatic nitrogens is 1. The van der Waals surface area contributed by atoms with Gasteiger partial charge < -0.3 is 15.1 Å². The maximum Gasteiger partial charge on any atom is 0.270 e. The number of carbonyl (C=O) groups excluding carboxylic acids is 2. The number of nitrogens with zero attached hydrogens (tertiary/aromatic N) is 3. The third kappa shape index (κ3) is 3.02. The van der Waals surface area contributed by atoms with E-state index in [2.05, 4.69) is 15.2 Å². The van der Waals surface area contributed by atoms with E-state index in [1.165, 1.54) is 18.3 Å². The van der Waals surface area contributed by atoms with Crippen molar-refractivity contribution in [1.29, 1.82) is 0 Å². The fraction of sp³-hybridized carbons (Fsp3) is 0.500. The van der Waals surface area contributed by atoms with Gasteiger partial charge in [0.15, 0.2) is 0 Å². The summed E-state index contributed by atoms with van der Waals surface area (Å²) in [5.74, 6) is 0.427. The van der Waals surface area contributed by atoms with Gasteiger partial charge >= 0.3 is 0 Å². The Labute approximate surface area is 150 Å². The maximum absolute atomic E-state index is 12.7. The number of thiophene rings is 1. The molecule has 5 heterocycles. The zero-order valence-corrected chi connectivity index (χ0v) is 15.3. The first-order chi connectivity index (χ1) is 12.0. The molecular formula is C18H22N4O2S. The Morgan fingerprint density at radius 1 is 1.36 bits per heavy atom. The molecule has 2 bridgehead atoms. The van der Waals surface area contributed by atoms with Crippen molar-refractivity contribution < 1.29 is 9.59 Å². The Morgan fingerprint density at radius 3 is 2.76 bits per heavy atom. The van der Waals surface area contributed by atoms with E-state index in [-0.39, 0.29) is 17.9 Å². The first-order valence-electron chi connectivity index (χ1n) is 8.67. The van der Waals surface area contributed by atoms with Crippen LogP contribution in [0, 0.1) is 5.92 Å². The lowest BCUT2D eigenvalue weighted by Gasteiger charge is -2.44. The molecule has 25 heavy (non-hydrogen) atoms. The number of hydrogen-bond donors (Lipinski definition) is 1. The van der Waals surface area contributed by atoms with Crippen molar-refractivity contribution in [3.63, 3.8) is 0 Å². The molecule has 1 atom stereocenters. The zero-order valence-electron chi connectivity index (χ0n) is 14.5. The minimum Gasteiger partial charge on any atom is -0.346 e. The molecule has 6 nitrogen and oxygen atoms in total. The normalized spacial score (nSPS) is 25.1. The van der Waals surface area contributed by atoms with Crippen LogP contribution < -0.4 is 10.2 Å². The fourth-order valence-corrected chi connectivity index (χ4v) is 4.77. The highest BCUT2D eigenvalue weighted by Crippen LogP contribution is 2.33. The van der Waals surface area contributed by atoms with Gasteiger partial charge in [-0.2, -0.15) is 0 Å². The van der Waals surface area contributed by atoms with Crippen molar-refractivity contribution >= 4 is 38.9 Å². The molecule has 2 amide bonds. The second kappa shape index (κ2) is 6.38. The summed E-state index contributed by atoms with van der Waals surface area (Å²) in [6, 6.07) is 2.02. The number of amides is 2. The van der Waals surface area contributed by atoms with Crippen molar-refractivity contribution in [1.82, 2.24) is 15.2 Å². The van der Waals surface area contributed by atoms with E-state index in [1.807, 2.05) is 5.38 Å². The van der Waals surface area contributed by atoms with Crippen LogP contribution in [0.25, 0.3) is 10.1 Å². The van der Waals surface area contributed by atoms with Crippen LogP contribution in [0.1, 0.15) is 30.3 Å². The quantitative estimate of drug-likeness (QED) is 0.913. The minimum absolute atomic E-state index is 0.0326. The van der Waals surface area contributed by atoms with Gasteiger partial charge in [0.1, 0.15) is 5.69 Å². The summed E-state index contributed by atoms with van der Waals surface area (Å²) < 4.78 is 0.975. The highest BCUT2D eigenvalue weighted by molar-refractivity contribution is 7.17. The molecule has 5 rings (SSSR count). The molecule has 3 aliphatic rings. The summed E-state index contributed by atoms with van der Waals surface area (Å²) in [6.45, 7) is 4.77. The molecule has 0 spiro atoms. The number of anilines is 1. The first-order valence-corrected chi connectivity index (χ1v) is 9.55. The lowest BCUT2D eigenvalue weighted by atomic mass is 9.84. The van der Waals surface area contributed by atoms with E-state index in [9.17, 15) is 9.59 Å². The van der Waals surface area contributed by atoms with Crippen LogP contribution in [0.15, 0.2) is 17.6 Å². The van der Waals surface area contributed by atoms with Gasteiger partial charge in [0.05, 0.1) is 10.4 Å². The van der Waals surface area contributed by atoms with Crippen LogP contribution in [0.5, 0.6) is 0 Å². The van der Waals surface area contributed by atoms with E-state index in [1.54, 1.807) is 24.2 Å². The molecule has 0 aliphatic carbocycles. The number of piperidine rings is 3. The summed E-state index contributed by atoms with van der Waals surface area (Å²) in [4.78, 5) is 32.7. The van der Waals surface area contributed by atoms with Crippen molar-refractivity contribution in [2.24, 2.45) is 5.92 Å². The van der Waals surface area contributed by atoms with E-state index in [4.69, 9.17) is 0 Å². The summed E-state index contributed by atoms with van der Waals surface area (Å²) >= 11 is 1.53. The fourth-order valence-electron chi connectivity index (χ4n) is 3.84. The van der Waals surface area contributed by atoms with Crippen LogP contribution in [-0.2, 0) is 4.79 Å². The van der Waals surface area contributed by atoms with E-state index in [0.717, 1.165) is 48.2 Å². The third-order valence-corrected chi connectivity index (χ3v) is 6.40. The van der Waals surface area contributed by atoms with Gasteiger partial charge in [-0.15, -0.1) is 11.3 Å². The Kier molecular flexibility index (Phi) is 4.21. The van der Waals surface area contributed by atoms with Crippen LogP contribution in [0.3, 0.4) is 0 Å². The number of carbonyl (C=O) groups is 2. The SMILES string of the molecule is CC(=O)N(C)c1csc2cnc(C(=O)N[C@H]3CN4CCC3CC4)cc12. The second-order valence-electron chi connectivity index (χ2n) is 6.98. The smallest absolute Gasteiger partial charge is 0.270 e. The number of nitrogens with one attached hydrogen (secondary N) is 1. The first kappa shape index (κ1) is 16.5. The minimum atomic E-state index is -0.122. The van der Waals surface area contributed by atoms with Gasteiger partial charge in [0.2, 0.25) is 5.91 Å². The Morgan fingerprint density at radius 2 is 2.12 bits per heavy atom. The number of pyridine rings is 1. The third-order valence-electron chi connectivity index (χ3n) is 5.48. The summed E-state index contributed by atoms with van der Waals surface area (Å²) in [5, 5.41) is 6.01. The number of rotatable bonds is 3. The van der Waals surface area contributed by atoms with Crippen molar-refractivity contribution in [3.05, 3.63) is 23.3 Å². The van der Waals surface area contributed by atoms with E-state index in [0.29, 0.717) is 11.6 Å². The van der Waals surface area contributed by atoms with Crippen LogP contribution in [0.2, 0.25) is 0 Å². The second-order valence-corrected chi connectivity index (χ2v) is 7.89. The van der Waals surface area contributed by atoms with Gasteiger partial charge in [-0.3, -0.25) is 9.59 Å². The average molecular weight is 358 g/mol. The molecule has 1 N–H and O–H groups in total. The Hall–Kier alpha value is -1.99. The molecule has 3 fully saturated rings. The summed E-state index contributed by atoms with van der Waals surface area (Å²) in [7, 11) is 1.75. The van der Waals surface area contributed by atoms with Crippen molar-refractivity contribution in [3.8, 4) is 0 Å². The Bertz CT molecular complexity index is 826. The molecule has 7 heteroatoms. The topological polar surface area (TPSA) is 65.5 Å². The molecule has 0 saturated carbocycles. The molecule has 3 saturated heterocycles. The highest BCUT2D eigenvalue weighted by Gasteiger charge is 2.35. The van der Waals surface area contributed by atoms with Gasteiger partial charge in [-0.1, -0.05) is 0 Å². The molecular weight excluding hydrogens is 336 g/mol. The molecule has 2 aromatic heterocycles. The lowest BCUT2D eigenvalue weighted by Crippen LogP contribution is -2.57. The monoisotopic (exact) mass is 358 g/mol. The van der Waals surface area contributed by atoms with Crippen LogP contribution >= 0.6 is 11.3 Å². The van der Waals surface area contributed by atoms with Gasteiger partial charge in [-0.05, 0) is 37.9 Å². The van der Waals surface area contributed by atoms with Gasteiger partial charge in [-0.25, -0.2) is 4.98 Å². The highest BCUT2D eigenvalue weighted by atomic mass is 32.1. The Balaban J connectivity index is 1.57. The largest absolute Gasteiger partial charge is 0.346 e. The van der Waals surface area contributed by atoms with Crippen molar-refractivity contribution in [2.75, 3.05) is 31.6 Å².